The summed E-state index contributed by atoms with van der Waals surface area (Å²) in [5.74, 6) is 2.16. The molecule has 34 heavy (non-hydrogen) atoms. The molecule has 172 valence electrons. The Morgan fingerprint density at radius 2 is 1.85 bits per heavy atom. The third-order valence-corrected chi connectivity index (χ3v) is 6.37. The number of nitrogens with zero attached hydrogens (tertiary/aromatic N) is 4. The molecule has 1 aliphatic heterocycles. The van der Waals surface area contributed by atoms with Gasteiger partial charge >= 0.3 is 0 Å². The molecule has 10 heteroatoms. The molecule has 2 aromatic heterocycles. The zero-order valence-electron chi connectivity index (χ0n) is 18.1. The fourth-order valence-electron chi connectivity index (χ4n) is 3.42. The molecule has 1 aliphatic rings. The van der Waals surface area contributed by atoms with Crippen molar-refractivity contribution in [3.8, 4) is 17.2 Å². The SMILES string of the molecule is C[C@H](Sc1nnc([C@H]2COc3ccccc3O2)n1-c1ccccc1)C(=O)Nc1ccc(Cl)cn1. The number of benzene rings is 2. The minimum Gasteiger partial charge on any atom is -0.485 e. The maximum atomic E-state index is 12.8. The van der Waals surface area contributed by atoms with E-state index in [0.717, 1.165) is 5.69 Å². The van der Waals surface area contributed by atoms with E-state index in [4.69, 9.17) is 21.1 Å². The molecule has 0 fully saturated rings. The Morgan fingerprint density at radius 3 is 2.62 bits per heavy atom. The number of halogens is 1. The van der Waals surface area contributed by atoms with Crippen LogP contribution in [0.3, 0.4) is 0 Å². The van der Waals surface area contributed by atoms with Crippen LogP contribution in [0.25, 0.3) is 5.69 Å². The van der Waals surface area contributed by atoms with Gasteiger partial charge in [0.15, 0.2) is 28.6 Å². The molecule has 2 aromatic carbocycles. The zero-order chi connectivity index (χ0) is 23.5. The van der Waals surface area contributed by atoms with Gasteiger partial charge in [-0.2, -0.15) is 0 Å². The minimum absolute atomic E-state index is 0.213. The number of thioether (sulfide) groups is 1. The number of para-hydroxylation sites is 3. The van der Waals surface area contributed by atoms with E-state index >= 15 is 0 Å². The summed E-state index contributed by atoms with van der Waals surface area (Å²) in [5, 5.41) is 12.2. The molecular formula is C24H20ClN5O3S. The molecule has 1 amide bonds. The molecule has 4 aromatic rings. The van der Waals surface area contributed by atoms with Gasteiger partial charge in [0.2, 0.25) is 5.91 Å². The van der Waals surface area contributed by atoms with E-state index in [1.54, 1.807) is 19.1 Å². The number of amides is 1. The van der Waals surface area contributed by atoms with Crippen molar-refractivity contribution in [1.82, 2.24) is 19.7 Å². The van der Waals surface area contributed by atoms with Gasteiger partial charge < -0.3 is 14.8 Å². The number of hydrogen-bond donors (Lipinski definition) is 1. The van der Waals surface area contributed by atoms with Crippen molar-refractivity contribution in [2.24, 2.45) is 0 Å². The molecule has 2 atom stereocenters. The predicted molar refractivity (Wildman–Crippen MR) is 130 cm³/mol. The van der Waals surface area contributed by atoms with Gasteiger partial charge in [-0.25, -0.2) is 4.98 Å². The highest BCUT2D eigenvalue weighted by Gasteiger charge is 2.30. The van der Waals surface area contributed by atoms with Gasteiger partial charge in [0, 0.05) is 11.9 Å². The molecular weight excluding hydrogens is 474 g/mol. The number of anilines is 1. The second-order valence-electron chi connectivity index (χ2n) is 7.49. The van der Waals surface area contributed by atoms with Crippen LogP contribution < -0.4 is 14.8 Å². The van der Waals surface area contributed by atoms with E-state index in [1.807, 2.05) is 59.2 Å². The molecule has 0 unspecified atom stereocenters. The number of fused-ring (bicyclic) bond motifs is 1. The average Bonchev–Trinajstić information content (AvgIpc) is 3.29. The fraction of sp³-hybridized carbons (Fsp3) is 0.167. The first-order valence-electron chi connectivity index (χ1n) is 10.6. The lowest BCUT2D eigenvalue weighted by Gasteiger charge is -2.26. The van der Waals surface area contributed by atoms with Crippen molar-refractivity contribution >= 4 is 35.1 Å². The third-order valence-electron chi connectivity index (χ3n) is 5.10. The molecule has 0 saturated carbocycles. The van der Waals surface area contributed by atoms with Gasteiger partial charge in [0.25, 0.3) is 0 Å². The topological polar surface area (TPSA) is 91.2 Å². The molecule has 0 saturated heterocycles. The van der Waals surface area contributed by atoms with Crippen LogP contribution in [-0.4, -0.2) is 37.5 Å². The summed E-state index contributed by atoms with van der Waals surface area (Å²) < 4.78 is 14.0. The van der Waals surface area contributed by atoms with Crippen molar-refractivity contribution in [2.45, 2.75) is 23.4 Å². The van der Waals surface area contributed by atoms with Crippen LogP contribution in [0.2, 0.25) is 5.02 Å². The summed E-state index contributed by atoms with van der Waals surface area (Å²) in [6, 6.07) is 20.6. The van der Waals surface area contributed by atoms with Crippen molar-refractivity contribution < 1.29 is 14.3 Å². The smallest absolute Gasteiger partial charge is 0.238 e. The van der Waals surface area contributed by atoms with Crippen molar-refractivity contribution in [3.63, 3.8) is 0 Å². The second-order valence-corrected chi connectivity index (χ2v) is 9.23. The van der Waals surface area contributed by atoms with Gasteiger partial charge in [-0.05, 0) is 43.3 Å². The van der Waals surface area contributed by atoms with E-state index in [9.17, 15) is 4.79 Å². The molecule has 0 spiro atoms. The molecule has 0 bridgehead atoms. The van der Waals surface area contributed by atoms with Crippen LogP contribution in [0.15, 0.2) is 78.1 Å². The van der Waals surface area contributed by atoms with E-state index in [0.29, 0.717) is 39.9 Å². The minimum atomic E-state index is -0.471. The van der Waals surface area contributed by atoms with Crippen LogP contribution in [0.1, 0.15) is 18.9 Å². The predicted octanol–water partition coefficient (Wildman–Crippen LogP) is 4.95. The first kappa shape index (κ1) is 22.2. The zero-order valence-corrected chi connectivity index (χ0v) is 19.7. The lowest BCUT2D eigenvalue weighted by molar-refractivity contribution is -0.115. The Labute approximate surface area is 205 Å². The van der Waals surface area contributed by atoms with Crippen molar-refractivity contribution in [3.05, 3.63) is 83.8 Å². The van der Waals surface area contributed by atoms with Crippen LogP contribution in [-0.2, 0) is 4.79 Å². The number of nitrogens with one attached hydrogen (secondary N) is 1. The standard InChI is InChI=1S/C24H20ClN5O3S/c1-15(23(31)27-21-12-11-16(25)13-26-21)34-24-29-28-22(30(24)17-7-3-2-4-8-17)20-14-32-18-9-5-6-10-19(18)33-20/h2-13,15,20H,14H2,1H3,(H,26,27,31)/t15-,20+/m0/s1. The summed E-state index contributed by atoms with van der Waals surface area (Å²) in [6.45, 7) is 2.10. The first-order valence-corrected chi connectivity index (χ1v) is 11.8. The Hall–Kier alpha value is -3.56. The third kappa shape index (κ3) is 4.71. The van der Waals surface area contributed by atoms with Gasteiger partial charge in [0.05, 0.1) is 10.3 Å². The fourth-order valence-corrected chi connectivity index (χ4v) is 4.41. The first-order chi connectivity index (χ1) is 16.6. The number of ether oxygens (including phenoxy) is 2. The van der Waals surface area contributed by atoms with Crippen LogP contribution in [0, 0.1) is 0 Å². The van der Waals surface area contributed by atoms with Gasteiger partial charge in [0.1, 0.15) is 12.4 Å². The Kier molecular flexibility index (Phi) is 6.37. The highest BCUT2D eigenvalue weighted by molar-refractivity contribution is 8.00. The molecule has 8 nitrogen and oxygen atoms in total. The molecule has 0 radical (unpaired) electrons. The maximum absolute atomic E-state index is 12.8. The largest absolute Gasteiger partial charge is 0.485 e. The summed E-state index contributed by atoms with van der Waals surface area (Å²) in [6.07, 6.45) is 1.02. The summed E-state index contributed by atoms with van der Waals surface area (Å²) in [4.78, 5) is 16.9. The van der Waals surface area contributed by atoms with E-state index in [1.165, 1.54) is 18.0 Å². The van der Waals surface area contributed by atoms with Crippen molar-refractivity contribution in [1.29, 1.82) is 0 Å². The average molecular weight is 494 g/mol. The Morgan fingerprint density at radius 1 is 1.09 bits per heavy atom. The number of carbonyl (C=O) groups excluding carboxylic acids is 1. The summed E-state index contributed by atoms with van der Waals surface area (Å²) in [5.41, 5.74) is 0.861. The van der Waals surface area contributed by atoms with Crippen LogP contribution in [0.5, 0.6) is 11.5 Å². The summed E-state index contributed by atoms with van der Waals surface area (Å²) in [7, 11) is 0. The van der Waals surface area contributed by atoms with E-state index < -0.39 is 11.4 Å². The summed E-state index contributed by atoms with van der Waals surface area (Å²) >= 11 is 7.16. The monoisotopic (exact) mass is 493 g/mol. The van der Waals surface area contributed by atoms with E-state index in [-0.39, 0.29) is 5.91 Å². The normalized spacial score (nSPS) is 15.5. The molecule has 5 rings (SSSR count). The quantitative estimate of drug-likeness (QED) is 0.380. The Balaban J connectivity index is 1.41. The van der Waals surface area contributed by atoms with Crippen molar-refractivity contribution in [2.75, 3.05) is 11.9 Å². The maximum Gasteiger partial charge on any atom is 0.238 e. The second kappa shape index (κ2) is 9.74. The number of hydrogen-bond acceptors (Lipinski definition) is 7. The lowest BCUT2D eigenvalue weighted by Crippen LogP contribution is -2.25. The number of pyridine rings is 1. The number of aromatic nitrogens is 4. The van der Waals surface area contributed by atoms with E-state index in [2.05, 4.69) is 20.5 Å². The molecule has 1 N–H and O–H groups in total. The van der Waals surface area contributed by atoms with Gasteiger partial charge in [-0.1, -0.05) is 53.7 Å². The number of carbonyl (C=O) groups is 1. The lowest BCUT2D eigenvalue weighted by atomic mass is 10.2. The van der Waals surface area contributed by atoms with Gasteiger partial charge in [-0.15, -0.1) is 10.2 Å². The molecule has 3 heterocycles. The van der Waals surface area contributed by atoms with Crippen LogP contribution >= 0.6 is 23.4 Å². The Bertz CT molecular complexity index is 1300. The van der Waals surface area contributed by atoms with Gasteiger partial charge in [-0.3, -0.25) is 9.36 Å². The molecule has 0 aliphatic carbocycles. The van der Waals surface area contributed by atoms with Crippen LogP contribution in [0.4, 0.5) is 5.82 Å². The highest BCUT2D eigenvalue weighted by Crippen LogP contribution is 2.37. The number of rotatable bonds is 6. The highest BCUT2D eigenvalue weighted by atomic mass is 35.5.